The zero-order valence-electron chi connectivity index (χ0n) is 13.4. The summed E-state index contributed by atoms with van der Waals surface area (Å²) in [6.07, 6.45) is 8.60. The van der Waals surface area contributed by atoms with Crippen molar-refractivity contribution in [3.05, 3.63) is 47.8 Å². The molecule has 1 aliphatic rings. The first-order valence-corrected chi connectivity index (χ1v) is 10.1. The lowest BCUT2D eigenvalue weighted by molar-refractivity contribution is -0.111. The molecule has 3 nitrogen and oxygen atoms in total. The van der Waals surface area contributed by atoms with Crippen LogP contribution in [0.5, 0.6) is 0 Å². The van der Waals surface area contributed by atoms with Gasteiger partial charge in [0.1, 0.15) is 0 Å². The minimum Gasteiger partial charge on any atom is -0.406 e. The quantitative estimate of drug-likeness (QED) is 0.626. The molecule has 0 saturated heterocycles. The van der Waals surface area contributed by atoms with E-state index in [1.807, 2.05) is 24.3 Å². The Bertz CT molecular complexity index is 583. The monoisotopic (exact) mass is 301 g/mol. The summed E-state index contributed by atoms with van der Waals surface area (Å²) in [7, 11) is -1.92. The minimum absolute atomic E-state index is 0.0302. The summed E-state index contributed by atoms with van der Waals surface area (Å²) in [5.41, 5.74) is 1.63. The van der Waals surface area contributed by atoms with Crippen molar-refractivity contribution in [1.29, 1.82) is 0 Å². The van der Waals surface area contributed by atoms with Crippen molar-refractivity contribution < 1.29 is 9.22 Å². The van der Waals surface area contributed by atoms with Crippen LogP contribution in [-0.2, 0) is 9.22 Å². The van der Waals surface area contributed by atoms with Crippen LogP contribution in [0.4, 0.5) is 0 Å². The van der Waals surface area contributed by atoms with Gasteiger partial charge in [-0.15, -0.1) is 0 Å². The smallest absolute Gasteiger partial charge is 0.193 e. The second-order valence-electron chi connectivity index (χ2n) is 6.91. The molecule has 0 aromatic carbocycles. The van der Waals surface area contributed by atoms with Gasteiger partial charge in [0.05, 0.1) is 6.10 Å². The molecule has 112 valence electrons. The highest BCUT2D eigenvalue weighted by Gasteiger charge is 2.40. The van der Waals surface area contributed by atoms with Gasteiger partial charge in [0.2, 0.25) is 0 Å². The summed E-state index contributed by atoms with van der Waals surface area (Å²) < 4.78 is 6.36. The molecular formula is C17H23NO2Si. The topological polar surface area (TPSA) is 39.2 Å². The van der Waals surface area contributed by atoms with E-state index in [1.54, 1.807) is 18.5 Å². The molecule has 0 N–H and O–H groups in total. The van der Waals surface area contributed by atoms with Gasteiger partial charge in [0.25, 0.3) is 0 Å². The Morgan fingerprint density at radius 3 is 2.62 bits per heavy atom. The van der Waals surface area contributed by atoms with Gasteiger partial charge in [-0.25, -0.2) is 0 Å². The van der Waals surface area contributed by atoms with E-state index in [9.17, 15) is 4.79 Å². The maximum Gasteiger partial charge on any atom is 0.193 e. The molecule has 1 aromatic rings. The van der Waals surface area contributed by atoms with Gasteiger partial charge in [-0.2, -0.15) is 0 Å². The Morgan fingerprint density at radius 2 is 2.05 bits per heavy atom. The highest BCUT2D eigenvalue weighted by atomic mass is 28.4. The number of aromatic nitrogens is 1. The summed E-state index contributed by atoms with van der Waals surface area (Å²) in [5, 5.41) is 0.117. The van der Waals surface area contributed by atoms with Gasteiger partial charge in [-0.3, -0.25) is 9.78 Å². The van der Waals surface area contributed by atoms with Crippen molar-refractivity contribution in [3.63, 3.8) is 0 Å². The van der Waals surface area contributed by atoms with Crippen LogP contribution in [-0.4, -0.2) is 25.2 Å². The first-order valence-electron chi connectivity index (χ1n) is 7.23. The molecule has 0 amide bonds. The van der Waals surface area contributed by atoms with E-state index < -0.39 is 8.32 Å². The van der Waals surface area contributed by atoms with Crippen LogP contribution >= 0.6 is 0 Å². The third-order valence-electron chi connectivity index (χ3n) is 4.25. The number of ketones is 1. The van der Waals surface area contributed by atoms with Crippen molar-refractivity contribution in [3.8, 4) is 0 Å². The van der Waals surface area contributed by atoms with Crippen LogP contribution in [0.3, 0.4) is 0 Å². The number of carbonyl (C=O) groups excluding carboxylic acids is 1. The predicted molar refractivity (Wildman–Crippen MR) is 88.4 cm³/mol. The van der Waals surface area contributed by atoms with Crippen LogP contribution in [0.2, 0.25) is 18.1 Å². The largest absolute Gasteiger partial charge is 0.406 e. The van der Waals surface area contributed by atoms with E-state index in [0.29, 0.717) is 5.57 Å². The van der Waals surface area contributed by atoms with Crippen LogP contribution in [0.15, 0.2) is 42.3 Å². The summed E-state index contributed by atoms with van der Waals surface area (Å²) in [4.78, 5) is 16.2. The van der Waals surface area contributed by atoms with Gasteiger partial charge in [-0.1, -0.05) is 26.8 Å². The standard InChI is InChI=1S/C17H23NO2Si/c1-17(2,3)21(4,5)20-16-9-8-15(19)14(16)11-13-7-6-10-18-12-13/h6-12,16H,1-5H3. The van der Waals surface area contributed by atoms with Crippen molar-refractivity contribution in [2.45, 2.75) is 45.0 Å². The Hall–Kier alpha value is -1.52. The molecule has 0 spiro atoms. The molecule has 21 heavy (non-hydrogen) atoms. The summed E-state index contributed by atoms with van der Waals surface area (Å²) >= 11 is 0. The molecule has 2 rings (SSSR count). The second kappa shape index (κ2) is 5.70. The number of hydrogen-bond acceptors (Lipinski definition) is 3. The van der Waals surface area contributed by atoms with Crippen molar-refractivity contribution in [1.82, 2.24) is 4.98 Å². The number of nitrogens with zero attached hydrogens (tertiary/aromatic N) is 1. The fourth-order valence-electron chi connectivity index (χ4n) is 1.91. The lowest BCUT2D eigenvalue weighted by atomic mass is 10.1. The molecule has 1 heterocycles. The number of hydrogen-bond donors (Lipinski definition) is 0. The molecule has 0 radical (unpaired) electrons. The number of rotatable bonds is 3. The Balaban J connectivity index is 2.26. The van der Waals surface area contributed by atoms with Crippen LogP contribution in [0.1, 0.15) is 26.3 Å². The summed E-state index contributed by atoms with van der Waals surface area (Å²) in [6.45, 7) is 11.0. The molecule has 0 saturated carbocycles. The summed E-state index contributed by atoms with van der Waals surface area (Å²) in [5.74, 6) is 0.0302. The zero-order chi connectivity index (χ0) is 15.7. The SMILES string of the molecule is CC(C)(C)[Si](C)(C)OC1C=CC(=O)C1=Cc1cccnc1. The number of carbonyl (C=O) groups is 1. The second-order valence-corrected chi connectivity index (χ2v) is 11.7. The molecule has 1 unspecified atom stereocenters. The molecule has 4 heteroatoms. The Kier molecular flexibility index (Phi) is 4.30. The van der Waals surface area contributed by atoms with E-state index in [4.69, 9.17) is 4.43 Å². The molecule has 0 bridgehead atoms. The fourth-order valence-corrected chi connectivity index (χ4v) is 3.10. The van der Waals surface area contributed by atoms with Gasteiger partial charge < -0.3 is 4.43 Å². The first-order chi connectivity index (χ1) is 9.71. The van der Waals surface area contributed by atoms with Crippen LogP contribution < -0.4 is 0 Å². The van der Waals surface area contributed by atoms with Gasteiger partial charge in [0, 0.05) is 18.0 Å². The van der Waals surface area contributed by atoms with Gasteiger partial charge in [-0.05, 0) is 48.0 Å². The Morgan fingerprint density at radius 1 is 1.33 bits per heavy atom. The zero-order valence-corrected chi connectivity index (χ0v) is 14.4. The van der Waals surface area contributed by atoms with E-state index in [-0.39, 0.29) is 16.9 Å². The average molecular weight is 301 g/mol. The fraction of sp³-hybridized carbons (Fsp3) is 0.412. The normalized spacial score (nSPS) is 21.3. The highest BCUT2D eigenvalue weighted by molar-refractivity contribution is 6.74. The molecule has 1 atom stereocenters. The maximum absolute atomic E-state index is 12.1. The van der Waals surface area contributed by atoms with E-state index in [1.165, 1.54) is 0 Å². The molecule has 1 aromatic heterocycles. The van der Waals surface area contributed by atoms with E-state index in [2.05, 4.69) is 38.8 Å². The number of allylic oxidation sites excluding steroid dienone is 1. The van der Waals surface area contributed by atoms with E-state index in [0.717, 1.165) is 5.56 Å². The average Bonchev–Trinajstić information content (AvgIpc) is 2.71. The lowest BCUT2D eigenvalue weighted by Crippen LogP contribution is -2.43. The third kappa shape index (κ3) is 3.57. The maximum atomic E-state index is 12.1. The van der Waals surface area contributed by atoms with Crippen LogP contribution in [0.25, 0.3) is 6.08 Å². The predicted octanol–water partition coefficient (Wildman–Crippen LogP) is 3.99. The molecule has 1 aliphatic carbocycles. The minimum atomic E-state index is -1.92. The van der Waals surface area contributed by atoms with E-state index >= 15 is 0 Å². The van der Waals surface area contributed by atoms with Gasteiger partial charge in [0.15, 0.2) is 14.1 Å². The van der Waals surface area contributed by atoms with Gasteiger partial charge >= 0.3 is 0 Å². The lowest BCUT2D eigenvalue weighted by Gasteiger charge is -2.38. The molecular weight excluding hydrogens is 278 g/mol. The molecule has 0 aliphatic heterocycles. The van der Waals surface area contributed by atoms with Crippen molar-refractivity contribution in [2.75, 3.05) is 0 Å². The van der Waals surface area contributed by atoms with Crippen LogP contribution in [0, 0.1) is 0 Å². The summed E-state index contributed by atoms with van der Waals surface area (Å²) in [6, 6.07) is 3.80. The third-order valence-corrected chi connectivity index (χ3v) is 8.70. The highest BCUT2D eigenvalue weighted by Crippen LogP contribution is 2.39. The first kappa shape index (κ1) is 15.9. The Labute approximate surface area is 127 Å². The number of pyridine rings is 1. The molecule has 0 fully saturated rings. The van der Waals surface area contributed by atoms with Crippen molar-refractivity contribution >= 4 is 20.2 Å². The van der Waals surface area contributed by atoms with Crippen molar-refractivity contribution in [2.24, 2.45) is 0 Å².